The maximum absolute atomic E-state index is 12.1. The van der Waals surface area contributed by atoms with E-state index in [9.17, 15) is 8.42 Å². The van der Waals surface area contributed by atoms with Crippen molar-refractivity contribution in [1.82, 2.24) is 0 Å². The van der Waals surface area contributed by atoms with Gasteiger partial charge in [0, 0.05) is 0 Å². The summed E-state index contributed by atoms with van der Waals surface area (Å²) in [5.41, 5.74) is 1.64. The summed E-state index contributed by atoms with van der Waals surface area (Å²) in [6, 6.07) is 7.23. The molecule has 0 bridgehead atoms. The first kappa shape index (κ1) is 12.7. The molecule has 0 amide bonds. The van der Waals surface area contributed by atoms with E-state index in [2.05, 4.69) is 0 Å². The van der Waals surface area contributed by atoms with Crippen LogP contribution in [0.15, 0.2) is 23.1 Å². The Hall–Kier alpha value is -1.34. The van der Waals surface area contributed by atoms with E-state index in [1.54, 1.807) is 26.0 Å². The van der Waals surface area contributed by atoms with E-state index in [4.69, 9.17) is 5.26 Å². The lowest BCUT2D eigenvalue weighted by molar-refractivity contribution is 0.583. The third-order valence-electron chi connectivity index (χ3n) is 2.56. The molecule has 1 rings (SSSR count). The predicted octanol–water partition coefficient (Wildman–Crippen LogP) is 2.38. The molecule has 0 heterocycles. The van der Waals surface area contributed by atoms with Crippen LogP contribution in [0.2, 0.25) is 0 Å². The van der Waals surface area contributed by atoms with Gasteiger partial charge in [0.2, 0.25) is 0 Å². The zero-order chi connectivity index (χ0) is 12.3. The molecular weight excluding hydrogens is 222 g/mol. The molecule has 0 aromatic heterocycles. The average Bonchev–Trinajstić information content (AvgIpc) is 2.22. The van der Waals surface area contributed by atoms with E-state index >= 15 is 0 Å². The van der Waals surface area contributed by atoms with E-state index in [1.807, 2.05) is 19.1 Å². The van der Waals surface area contributed by atoms with Crippen molar-refractivity contribution in [2.24, 2.45) is 0 Å². The van der Waals surface area contributed by atoms with Gasteiger partial charge in [0.15, 0.2) is 9.84 Å². The second-order valence-corrected chi connectivity index (χ2v) is 6.32. The first-order valence-electron chi connectivity index (χ1n) is 5.07. The fraction of sp³-hybridized carbons (Fsp3) is 0.417. The number of nitrogens with zero attached hydrogens (tertiary/aromatic N) is 1. The van der Waals surface area contributed by atoms with E-state index < -0.39 is 15.1 Å². The Morgan fingerprint density at radius 2 is 2.00 bits per heavy atom. The van der Waals surface area contributed by atoms with Crippen LogP contribution >= 0.6 is 0 Å². The Morgan fingerprint density at radius 1 is 1.38 bits per heavy atom. The fourth-order valence-electron chi connectivity index (χ4n) is 1.47. The lowest BCUT2D eigenvalue weighted by Crippen LogP contribution is -2.18. The first-order valence-corrected chi connectivity index (χ1v) is 6.62. The number of benzene rings is 1. The van der Waals surface area contributed by atoms with Gasteiger partial charge in [-0.1, -0.05) is 12.1 Å². The number of nitriles is 1. The minimum atomic E-state index is -3.38. The summed E-state index contributed by atoms with van der Waals surface area (Å²) in [5, 5.41) is 7.90. The van der Waals surface area contributed by atoms with E-state index in [0.29, 0.717) is 4.90 Å². The SMILES string of the molecule is Cc1ccc(C)c(S(=O)(=O)C(C)CC#N)c1. The molecule has 0 saturated heterocycles. The zero-order valence-corrected chi connectivity index (χ0v) is 10.5. The van der Waals surface area contributed by atoms with Gasteiger partial charge in [-0.05, 0) is 38.0 Å². The Morgan fingerprint density at radius 3 is 2.56 bits per heavy atom. The van der Waals surface area contributed by atoms with Gasteiger partial charge in [-0.15, -0.1) is 0 Å². The highest BCUT2D eigenvalue weighted by Gasteiger charge is 2.24. The van der Waals surface area contributed by atoms with Crippen molar-refractivity contribution in [3.05, 3.63) is 29.3 Å². The minimum absolute atomic E-state index is 0.0235. The normalized spacial score (nSPS) is 13.1. The van der Waals surface area contributed by atoms with Crippen molar-refractivity contribution >= 4 is 9.84 Å². The molecule has 4 heteroatoms. The fourth-order valence-corrected chi connectivity index (χ4v) is 3.06. The Kier molecular flexibility index (Phi) is 3.71. The molecule has 0 saturated carbocycles. The van der Waals surface area contributed by atoms with Crippen LogP contribution in [0.1, 0.15) is 24.5 Å². The Bertz CT molecular complexity index is 526. The van der Waals surface area contributed by atoms with Gasteiger partial charge in [0.05, 0.1) is 22.6 Å². The molecule has 0 spiro atoms. The van der Waals surface area contributed by atoms with E-state index in [0.717, 1.165) is 11.1 Å². The van der Waals surface area contributed by atoms with E-state index in [1.165, 1.54) is 0 Å². The average molecular weight is 237 g/mol. The topological polar surface area (TPSA) is 57.9 Å². The summed E-state index contributed by atoms with van der Waals surface area (Å²) in [6.07, 6.45) is 0.0235. The standard InChI is InChI=1S/C12H15NO2S/c1-9-4-5-10(2)12(8-9)16(14,15)11(3)6-7-13/h4-5,8,11H,6H2,1-3H3. The lowest BCUT2D eigenvalue weighted by atomic mass is 10.2. The van der Waals surface area contributed by atoms with Crippen LogP contribution in [0.5, 0.6) is 0 Å². The molecule has 3 nitrogen and oxygen atoms in total. The quantitative estimate of drug-likeness (QED) is 0.811. The van der Waals surface area contributed by atoms with Crippen LogP contribution in [0, 0.1) is 25.2 Å². The van der Waals surface area contributed by atoms with Crippen molar-refractivity contribution in [3.8, 4) is 6.07 Å². The molecule has 86 valence electrons. The van der Waals surface area contributed by atoms with E-state index in [-0.39, 0.29) is 6.42 Å². The molecule has 1 atom stereocenters. The summed E-state index contributed by atoms with van der Waals surface area (Å²) in [4.78, 5) is 0.343. The third-order valence-corrected chi connectivity index (χ3v) is 4.84. The molecule has 16 heavy (non-hydrogen) atoms. The largest absolute Gasteiger partial charge is 0.223 e. The third kappa shape index (κ3) is 2.42. The molecular formula is C12H15NO2S. The molecule has 0 aliphatic rings. The molecule has 0 radical (unpaired) electrons. The predicted molar refractivity (Wildman–Crippen MR) is 62.8 cm³/mol. The summed E-state index contributed by atoms with van der Waals surface area (Å²) in [6.45, 7) is 5.19. The van der Waals surface area contributed by atoms with Crippen LogP contribution in [0.3, 0.4) is 0 Å². The molecule has 0 aliphatic heterocycles. The first-order chi connectivity index (χ1) is 7.39. The van der Waals surface area contributed by atoms with Crippen LogP contribution in [-0.2, 0) is 9.84 Å². The molecule has 1 aromatic rings. The van der Waals surface area contributed by atoms with Crippen LogP contribution in [-0.4, -0.2) is 13.7 Å². The lowest BCUT2D eigenvalue weighted by Gasteiger charge is -2.12. The second-order valence-electron chi connectivity index (χ2n) is 3.99. The number of aryl methyl sites for hydroxylation is 2. The van der Waals surface area contributed by atoms with Crippen molar-refractivity contribution in [1.29, 1.82) is 5.26 Å². The van der Waals surface area contributed by atoms with Crippen LogP contribution in [0.25, 0.3) is 0 Å². The van der Waals surface area contributed by atoms with Gasteiger partial charge in [-0.25, -0.2) is 8.42 Å². The van der Waals surface area contributed by atoms with Gasteiger partial charge < -0.3 is 0 Å². The maximum atomic E-state index is 12.1. The molecule has 0 fully saturated rings. The van der Waals surface area contributed by atoms with Crippen molar-refractivity contribution < 1.29 is 8.42 Å². The second kappa shape index (κ2) is 4.67. The van der Waals surface area contributed by atoms with Gasteiger partial charge >= 0.3 is 0 Å². The maximum Gasteiger partial charge on any atom is 0.182 e. The Labute approximate surface area is 96.6 Å². The monoisotopic (exact) mass is 237 g/mol. The zero-order valence-electron chi connectivity index (χ0n) is 9.69. The van der Waals surface area contributed by atoms with Crippen molar-refractivity contribution in [2.45, 2.75) is 37.3 Å². The number of hydrogen-bond donors (Lipinski definition) is 0. The molecule has 0 aliphatic carbocycles. The highest BCUT2D eigenvalue weighted by molar-refractivity contribution is 7.92. The van der Waals surface area contributed by atoms with Crippen LogP contribution < -0.4 is 0 Å². The number of sulfone groups is 1. The number of rotatable bonds is 3. The molecule has 0 N–H and O–H groups in total. The van der Waals surface area contributed by atoms with Crippen LogP contribution in [0.4, 0.5) is 0 Å². The van der Waals surface area contributed by atoms with Gasteiger partial charge in [0.1, 0.15) is 0 Å². The smallest absolute Gasteiger partial charge is 0.182 e. The van der Waals surface area contributed by atoms with Crippen molar-refractivity contribution in [3.63, 3.8) is 0 Å². The molecule has 1 aromatic carbocycles. The highest BCUT2D eigenvalue weighted by atomic mass is 32.2. The van der Waals surface area contributed by atoms with Gasteiger partial charge in [-0.2, -0.15) is 5.26 Å². The summed E-state index contributed by atoms with van der Waals surface area (Å²) < 4.78 is 24.3. The minimum Gasteiger partial charge on any atom is -0.223 e. The molecule has 1 unspecified atom stereocenters. The Balaban J connectivity index is 3.28. The number of hydrogen-bond acceptors (Lipinski definition) is 3. The van der Waals surface area contributed by atoms with Gasteiger partial charge in [-0.3, -0.25) is 0 Å². The summed E-state index contributed by atoms with van der Waals surface area (Å²) in [5.74, 6) is 0. The summed E-state index contributed by atoms with van der Waals surface area (Å²) in [7, 11) is -3.38. The summed E-state index contributed by atoms with van der Waals surface area (Å²) >= 11 is 0. The van der Waals surface area contributed by atoms with Gasteiger partial charge in [0.25, 0.3) is 0 Å². The highest BCUT2D eigenvalue weighted by Crippen LogP contribution is 2.22. The van der Waals surface area contributed by atoms with Crippen molar-refractivity contribution in [2.75, 3.05) is 0 Å².